The van der Waals surface area contributed by atoms with Gasteiger partial charge in [0.25, 0.3) is 5.91 Å². The first kappa shape index (κ1) is 25.1. The molecule has 0 aliphatic heterocycles. The number of benzene rings is 2. The highest BCUT2D eigenvalue weighted by Gasteiger charge is 2.16. The first-order chi connectivity index (χ1) is 15.7. The first-order valence-electron chi connectivity index (χ1n) is 10.1. The molecule has 1 unspecified atom stereocenters. The van der Waals surface area contributed by atoms with Gasteiger partial charge in [-0.1, -0.05) is 43.1 Å². The minimum Gasteiger partial charge on any atom is -0.347 e. The maximum Gasteiger partial charge on any atom is 0.303 e. The zero-order chi connectivity index (χ0) is 24.0. The summed E-state index contributed by atoms with van der Waals surface area (Å²) in [4.78, 5) is 19.0. The van der Waals surface area contributed by atoms with Gasteiger partial charge in [0, 0.05) is 29.7 Å². The van der Waals surface area contributed by atoms with E-state index >= 15 is 0 Å². The van der Waals surface area contributed by atoms with Gasteiger partial charge in [0.1, 0.15) is 6.73 Å². The Morgan fingerprint density at radius 3 is 2.58 bits per heavy atom. The zero-order valence-electron chi connectivity index (χ0n) is 18.0. The lowest BCUT2D eigenvalue weighted by molar-refractivity contribution is 0.102. The van der Waals surface area contributed by atoms with Gasteiger partial charge in [-0.25, -0.2) is 4.18 Å². The predicted octanol–water partition coefficient (Wildman–Crippen LogP) is 5.88. The van der Waals surface area contributed by atoms with Crippen LogP contribution in [0, 0.1) is 5.92 Å². The van der Waals surface area contributed by atoms with Crippen molar-refractivity contribution in [3.63, 3.8) is 0 Å². The number of carbonyl (C=O) groups is 1. The molecule has 1 aromatic heterocycles. The third-order valence-electron chi connectivity index (χ3n) is 4.62. The van der Waals surface area contributed by atoms with Crippen LogP contribution in [0.5, 0.6) is 0 Å². The van der Waals surface area contributed by atoms with Crippen LogP contribution in [-0.4, -0.2) is 32.9 Å². The molecule has 1 atom stereocenters. The minimum absolute atomic E-state index is 0.0930. The molecule has 0 bridgehead atoms. The normalized spacial score (nSPS) is 11.9. The van der Waals surface area contributed by atoms with Gasteiger partial charge in [-0.15, -0.1) is 0 Å². The van der Waals surface area contributed by atoms with Gasteiger partial charge < -0.3 is 10.2 Å². The summed E-state index contributed by atoms with van der Waals surface area (Å²) in [5.74, 6) is -0.121. The van der Waals surface area contributed by atoms with Crippen LogP contribution in [0.25, 0.3) is 11.3 Å². The van der Waals surface area contributed by atoms with Gasteiger partial charge >= 0.3 is 11.4 Å². The Bertz CT molecular complexity index is 1150. The number of halogens is 2. The Morgan fingerprint density at radius 2 is 1.94 bits per heavy atom. The molecule has 0 saturated carbocycles. The van der Waals surface area contributed by atoms with E-state index in [2.05, 4.69) is 10.3 Å². The molecule has 2 aromatic carbocycles. The summed E-state index contributed by atoms with van der Waals surface area (Å²) >= 11 is 10.3. The fraction of sp³-hybridized carbons (Fsp3) is 0.217. The van der Waals surface area contributed by atoms with Crippen LogP contribution in [0.2, 0.25) is 10.0 Å². The zero-order valence-corrected chi connectivity index (χ0v) is 20.3. The lowest BCUT2D eigenvalue weighted by Gasteiger charge is -2.26. The van der Waals surface area contributed by atoms with Gasteiger partial charge in [0.15, 0.2) is 0 Å². The maximum absolute atomic E-state index is 12.9. The van der Waals surface area contributed by atoms with Crippen LogP contribution in [0.4, 0.5) is 11.4 Å². The molecule has 0 aliphatic rings. The van der Waals surface area contributed by atoms with Crippen molar-refractivity contribution in [3.05, 3.63) is 76.4 Å². The topological polar surface area (TPSA) is 91.8 Å². The fourth-order valence-corrected chi connectivity index (χ4v) is 3.88. The predicted molar refractivity (Wildman–Crippen MR) is 133 cm³/mol. The second-order valence-corrected chi connectivity index (χ2v) is 9.09. The van der Waals surface area contributed by atoms with Crippen molar-refractivity contribution in [3.8, 4) is 11.3 Å². The molecule has 1 amide bonds. The van der Waals surface area contributed by atoms with Gasteiger partial charge in [-0.2, -0.15) is 4.21 Å². The van der Waals surface area contributed by atoms with E-state index in [-0.39, 0.29) is 29.1 Å². The third-order valence-corrected chi connectivity index (χ3v) is 5.57. The van der Waals surface area contributed by atoms with Crippen molar-refractivity contribution < 1.29 is 17.7 Å². The molecular formula is C23H23Cl2N3O4S. The van der Waals surface area contributed by atoms with Gasteiger partial charge in [0.2, 0.25) is 0 Å². The summed E-state index contributed by atoms with van der Waals surface area (Å²) in [5, 5.41) is 3.59. The number of aromatic nitrogens is 1. The summed E-state index contributed by atoms with van der Waals surface area (Å²) in [5.41, 5.74) is 2.88. The maximum atomic E-state index is 12.9. The van der Waals surface area contributed by atoms with E-state index < -0.39 is 11.4 Å². The molecule has 0 aliphatic carbocycles. The number of hydrogen-bond donors (Lipinski definition) is 2. The van der Waals surface area contributed by atoms with Gasteiger partial charge in [-0.3, -0.25) is 14.3 Å². The first-order valence-corrected chi connectivity index (χ1v) is 11.8. The molecule has 0 radical (unpaired) electrons. The van der Waals surface area contributed by atoms with E-state index in [9.17, 15) is 9.00 Å². The quantitative estimate of drug-likeness (QED) is 0.277. The second kappa shape index (κ2) is 11.6. The van der Waals surface area contributed by atoms with E-state index in [1.165, 1.54) is 0 Å². The molecule has 1 heterocycles. The van der Waals surface area contributed by atoms with Crippen molar-refractivity contribution in [1.82, 2.24) is 4.98 Å². The molecule has 2 N–H and O–H groups in total. The smallest absolute Gasteiger partial charge is 0.303 e. The summed E-state index contributed by atoms with van der Waals surface area (Å²) in [7, 11) is 0. The summed E-state index contributed by atoms with van der Waals surface area (Å²) in [6.07, 6.45) is 1.67. The van der Waals surface area contributed by atoms with Crippen molar-refractivity contribution in [1.29, 1.82) is 0 Å². The Morgan fingerprint density at radius 1 is 1.15 bits per heavy atom. The molecule has 0 saturated heterocycles. The van der Waals surface area contributed by atoms with E-state index in [0.29, 0.717) is 34.2 Å². The molecule has 33 heavy (non-hydrogen) atoms. The molecular weight excluding hydrogens is 485 g/mol. The standard InChI is InChI=1S/C23H23Cl2N3O4S/c1-15(2)13-28(14-32-33(30)31)17-7-8-18(21(25)12-17)23(29)27-16-6-9-20(24)19(11-16)22-5-3-4-10-26-22/h3-12,15H,13-14H2,1-2H3,(H,27,29)(H,30,31). The lowest BCUT2D eigenvalue weighted by atomic mass is 10.1. The van der Waals surface area contributed by atoms with Crippen LogP contribution in [0.3, 0.4) is 0 Å². The number of nitrogens with one attached hydrogen (secondary N) is 1. The molecule has 174 valence electrons. The van der Waals surface area contributed by atoms with Crippen molar-refractivity contribution in [2.45, 2.75) is 13.8 Å². The van der Waals surface area contributed by atoms with E-state index in [4.69, 9.17) is 31.9 Å². The Kier molecular flexibility index (Phi) is 8.82. The van der Waals surface area contributed by atoms with Crippen molar-refractivity contribution in [2.75, 3.05) is 23.5 Å². The van der Waals surface area contributed by atoms with Crippen LogP contribution in [-0.2, 0) is 15.5 Å². The van der Waals surface area contributed by atoms with Crippen molar-refractivity contribution >= 4 is 51.8 Å². The number of amides is 1. The molecule has 3 rings (SSSR count). The number of rotatable bonds is 9. The molecule has 7 nitrogen and oxygen atoms in total. The third kappa shape index (κ3) is 6.99. The van der Waals surface area contributed by atoms with E-state index in [1.54, 1.807) is 47.5 Å². The highest BCUT2D eigenvalue weighted by atomic mass is 35.5. The molecule has 0 fully saturated rings. The molecule has 10 heteroatoms. The summed E-state index contributed by atoms with van der Waals surface area (Å²) in [6, 6.07) is 15.6. The lowest BCUT2D eigenvalue weighted by Crippen LogP contribution is -2.30. The molecule has 0 spiro atoms. The Hall–Kier alpha value is -2.49. The highest BCUT2D eigenvalue weighted by molar-refractivity contribution is 7.74. The van der Waals surface area contributed by atoms with E-state index in [0.717, 1.165) is 0 Å². The van der Waals surface area contributed by atoms with Crippen LogP contribution in [0.1, 0.15) is 24.2 Å². The van der Waals surface area contributed by atoms with Gasteiger partial charge in [-0.05, 0) is 54.4 Å². The number of carbonyl (C=O) groups excluding carboxylic acids is 1. The monoisotopic (exact) mass is 507 g/mol. The summed E-state index contributed by atoms with van der Waals surface area (Å²) in [6.45, 7) is 4.50. The summed E-state index contributed by atoms with van der Waals surface area (Å²) < 4.78 is 24.7. The van der Waals surface area contributed by atoms with E-state index in [1.807, 2.05) is 32.0 Å². The molecule has 3 aromatic rings. The number of anilines is 2. The van der Waals surface area contributed by atoms with Crippen molar-refractivity contribution in [2.24, 2.45) is 5.92 Å². The number of nitrogens with zero attached hydrogens (tertiary/aromatic N) is 2. The minimum atomic E-state index is -2.38. The largest absolute Gasteiger partial charge is 0.347 e. The Labute approximate surface area is 205 Å². The average Bonchev–Trinajstić information content (AvgIpc) is 2.78. The van der Waals surface area contributed by atoms with Crippen LogP contribution in [0.15, 0.2) is 60.8 Å². The highest BCUT2D eigenvalue weighted by Crippen LogP contribution is 2.30. The number of hydrogen-bond acceptors (Lipinski definition) is 5. The Balaban J connectivity index is 1.80. The van der Waals surface area contributed by atoms with Crippen LogP contribution >= 0.6 is 23.2 Å². The fourth-order valence-electron chi connectivity index (χ4n) is 3.19. The second-order valence-electron chi connectivity index (χ2n) is 7.61. The van der Waals surface area contributed by atoms with Crippen LogP contribution < -0.4 is 10.2 Å². The van der Waals surface area contributed by atoms with Gasteiger partial charge in [0.05, 0.1) is 21.3 Å². The average molecular weight is 508 g/mol. The SMILES string of the molecule is CC(C)CN(COS(=O)O)c1ccc(C(=O)Nc2ccc(Cl)c(-c3ccccn3)c2)c(Cl)c1. The number of pyridine rings is 1.